The van der Waals surface area contributed by atoms with Crippen molar-refractivity contribution < 1.29 is 0 Å². The first-order chi connectivity index (χ1) is 9.35. The minimum atomic E-state index is 0.121. The van der Waals surface area contributed by atoms with E-state index in [2.05, 4.69) is 62.3 Å². The monoisotopic (exact) mass is 295 g/mol. The molecule has 1 aromatic rings. The second-order valence-electron chi connectivity index (χ2n) is 6.33. The standard InChI is InChI=1S/C16H29N3S/c1-13(9-11-20-6)19(5)15-14(8-7-10-17-15)12-18-16(2,3)4/h7-8,10,13,18H,9,11-12H2,1-6H3. The molecule has 20 heavy (non-hydrogen) atoms. The molecule has 0 radical (unpaired) electrons. The molecule has 1 aromatic heterocycles. The van der Waals surface area contributed by atoms with Crippen molar-refractivity contribution in [3.05, 3.63) is 23.9 Å². The minimum Gasteiger partial charge on any atom is -0.357 e. The maximum Gasteiger partial charge on any atom is 0.132 e. The van der Waals surface area contributed by atoms with Gasteiger partial charge in [0.05, 0.1) is 0 Å². The summed E-state index contributed by atoms with van der Waals surface area (Å²) in [6.07, 6.45) is 5.22. The summed E-state index contributed by atoms with van der Waals surface area (Å²) in [5.74, 6) is 2.28. The van der Waals surface area contributed by atoms with E-state index in [0.29, 0.717) is 6.04 Å². The van der Waals surface area contributed by atoms with E-state index in [1.54, 1.807) is 0 Å². The van der Waals surface area contributed by atoms with E-state index >= 15 is 0 Å². The van der Waals surface area contributed by atoms with Gasteiger partial charge in [-0.25, -0.2) is 4.98 Å². The van der Waals surface area contributed by atoms with Gasteiger partial charge in [-0.2, -0.15) is 11.8 Å². The predicted octanol–water partition coefficient (Wildman–Crippen LogP) is 3.55. The van der Waals surface area contributed by atoms with Crippen LogP contribution < -0.4 is 10.2 Å². The third-order valence-electron chi connectivity index (χ3n) is 3.41. The number of hydrogen-bond donors (Lipinski definition) is 1. The summed E-state index contributed by atoms with van der Waals surface area (Å²) in [6, 6.07) is 4.69. The van der Waals surface area contributed by atoms with Crippen LogP contribution in [0, 0.1) is 0 Å². The molecular formula is C16H29N3S. The predicted molar refractivity (Wildman–Crippen MR) is 91.7 cm³/mol. The maximum absolute atomic E-state index is 4.59. The summed E-state index contributed by atoms with van der Waals surface area (Å²) in [6.45, 7) is 9.69. The lowest BCUT2D eigenvalue weighted by molar-refractivity contribution is 0.424. The topological polar surface area (TPSA) is 28.2 Å². The van der Waals surface area contributed by atoms with Crippen LogP contribution in [0.15, 0.2) is 18.3 Å². The molecular weight excluding hydrogens is 266 g/mol. The second-order valence-corrected chi connectivity index (χ2v) is 7.32. The van der Waals surface area contributed by atoms with Crippen molar-refractivity contribution in [3.63, 3.8) is 0 Å². The fourth-order valence-electron chi connectivity index (χ4n) is 1.94. The van der Waals surface area contributed by atoms with Crippen LogP contribution in [0.4, 0.5) is 5.82 Å². The molecule has 4 heteroatoms. The van der Waals surface area contributed by atoms with Crippen LogP contribution in [0.1, 0.15) is 39.7 Å². The van der Waals surface area contributed by atoms with Gasteiger partial charge in [-0.1, -0.05) is 6.07 Å². The Morgan fingerprint density at radius 1 is 1.40 bits per heavy atom. The van der Waals surface area contributed by atoms with E-state index in [1.807, 2.05) is 24.0 Å². The first-order valence-corrected chi connectivity index (χ1v) is 8.65. The molecule has 0 aromatic carbocycles. The molecule has 1 atom stereocenters. The Hall–Kier alpha value is -0.740. The number of pyridine rings is 1. The average molecular weight is 295 g/mol. The zero-order chi connectivity index (χ0) is 15.2. The number of anilines is 1. The third-order valence-corrected chi connectivity index (χ3v) is 4.06. The van der Waals surface area contributed by atoms with Crippen LogP contribution in [0.25, 0.3) is 0 Å². The third kappa shape index (κ3) is 5.71. The number of nitrogens with zero attached hydrogens (tertiary/aromatic N) is 2. The highest BCUT2D eigenvalue weighted by molar-refractivity contribution is 7.98. The van der Waals surface area contributed by atoms with Gasteiger partial charge in [0.15, 0.2) is 0 Å². The zero-order valence-corrected chi connectivity index (χ0v) is 14.5. The largest absolute Gasteiger partial charge is 0.357 e. The van der Waals surface area contributed by atoms with Crippen molar-refractivity contribution in [1.29, 1.82) is 0 Å². The van der Waals surface area contributed by atoms with Gasteiger partial charge < -0.3 is 10.2 Å². The molecule has 0 amide bonds. The van der Waals surface area contributed by atoms with Crippen molar-refractivity contribution in [1.82, 2.24) is 10.3 Å². The van der Waals surface area contributed by atoms with Gasteiger partial charge in [-0.05, 0) is 52.2 Å². The van der Waals surface area contributed by atoms with E-state index in [9.17, 15) is 0 Å². The molecule has 0 bridgehead atoms. The Morgan fingerprint density at radius 3 is 2.70 bits per heavy atom. The number of rotatable bonds is 7. The lowest BCUT2D eigenvalue weighted by atomic mass is 10.1. The molecule has 114 valence electrons. The Labute approximate surface area is 128 Å². The van der Waals surface area contributed by atoms with Gasteiger partial charge in [0.1, 0.15) is 5.82 Å². The van der Waals surface area contributed by atoms with Gasteiger partial charge >= 0.3 is 0 Å². The molecule has 1 rings (SSSR count). The molecule has 0 spiro atoms. The van der Waals surface area contributed by atoms with Crippen LogP contribution in [-0.4, -0.2) is 35.6 Å². The van der Waals surface area contributed by atoms with Crippen molar-refractivity contribution in [2.24, 2.45) is 0 Å². The zero-order valence-electron chi connectivity index (χ0n) is 13.7. The average Bonchev–Trinajstić information content (AvgIpc) is 2.41. The van der Waals surface area contributed by atoms with E-state index < -0.39 is 0 Å². The lowest BCUT2D eigenvalue weighted by Gasteiger charge is -2.29. The number of hydrogen-bond acceptors (Lipinski definition) is 4. The van der Waals surface area contributed by atoms with Crippen molar-refractivity contribution >= 4 is 17.6 Å². The van der Waals surface area contributed by atoms with Crippen molar-refractivity contribution in [2.75, 3.05) is 24.0 Å². The Balaban J connectivity index is 2.78. The quantitative estimate of drug-likeness (QED) is 0.832. The maximum atomic E-state index is 4.59. The number of thioether (sulfide) groups is 1. The Kier molecular flexibility index (Phi) is 6.83. The van der Waals surface area contributed by atoms with E-state index in [1.165, 1.54) is 17.7 Å². The van der Waals surface area contributed by atoms with E-state index in [0.717, 1.165) is 12.4 Å². The van der Waals surface area contributed by atoms with Crippen LogP contribution >= 0.6 is 11.8 Å². The number of aromatic nitrogens is 1. The van der Waals surface area contributed by atoms with Crippen LogP contribution in [0.3, 0.4) is 0 Å². The highest BCUT2D eigenvalue weighted by Crippen LogP contribution is 2.20. The molecule has 0 aliphatic rings. The second kappa shape index (κ2) is 7.89. The number of nitrogens with one attached hydrogen (secondary N) is 1. The van der Waals surface area contributed by atoms with Gasteiger partial charge in [0, 0.05) is 36.9 Å². The molecule has 3 nitrogen and oxygen atoms in total. The smallest absolute Gasteiger partial charge is 0.132 e. The van der Waals surface area contributed by atoms with Gasteiger partial charge in [0.25, 0.3) is 0 Å². The first-order valence-electron chi connectivity index (χ1n) is 7.26. The highest BCUT2D eigenvalue weighted by Gasteiger charge is 2.16. The van der Waals surface area contributed by atoms with Gasteiger partial charge in [-0.3, -0.25) is 0 Å². The fraction of sp³-hybridized carbons (Fsp3) is 0.688. The Bertz CT molecular complexity index is 401. The molecule has 1 heterocycles. The summed E-state index contributed by atoms with van der Waals surface area (Å²) in [4.78, 5) is 6.89. The molecule has 1 unspecified atom stereocenters. The summed E-state index contributed by atoms with van der Waals surface area (Å²) >= 11 is 1.90. The summed E-state index contributed by atoms with van der Waals surface area (Å²) in [5, 5.41) is 3.54. The highest BCUT2D eigenvalue weighted by atomic mass is 32.2. The first kappa shape index (κ1) is 17.3. The summed E-state index contributed by atoms with van der Waals surface area (Å²) in [7, 11) is 2.15. The van der Waals surface area contributed by atoms with E-state index in [-0.39, 0.29) is 5.54 Å². The molecule has 0 aliphatic heterocycles. The van der Waals surface area contributed by atoms with Gasteiger partial charge in [0.2, 0.25) is 0 Å². The Morgan fingerprint density at radius 2 is 2.10 bits per heavy atom. The van der Waals surface area contributed by atoms with Crippen LogP contribution in [-0.2, 0) is 6.54 Å². The summed E-state index contributed by atoms with van der Waals surface area (Å²) in [5.41, 5.74) is 1.39. The van der Waals surface area contributed by atoms with Crippen LogP contribution in [0.5, 0.6) is 0 Å². The lowest BCUT2D eigenvalue weighted by Crippen LogP contribution is -2.36. The van der Waals surface area contributed by atoms with Crippen LogP contribution in [0.2, 0.25) is 0 Å². The SMILES string of the molecule is CSCCC(C)N(C)c1ncccc1CNC(C)(C)C. The van der Waals surface area contributed by atoms with E-state index in [4.69, 9.17) is 0 Å². The normalized spacial score (nSPS) is 13.3. The minimum absolute atomic E-state index is 0.121. The molecule has 0 aliphatic carbocycles. The summed E-state index contributed by atoms with van der Waals surface area (Å²) < 4.78 is 0. The molecule has 0 saturated carbocycles. The van der Waals surface area contributed by atoms with Crippen molar-refractivity contribution in [3.8, 4) is 0 Å². The molecule has 0 fully saturated rings. The molecule has 0 saturated heterocycles. The van der Waals surface area contributed by atoms with Crippen molar-refractivity contribution in [2.45, 2.75) is 52.2 Å². The molecule has 1 N–H and O–H groups in total. The fourth-order valence-corrected chi connectivity index (χ4v) is 2.51. The van der Waals surface area contributed by atoms with Gasteiger partial charge in [-0.15, -0.1) is 0 Å².